The van der Waals surface area contributed by atoms with E-state index in [0.717, 1.165) is 15.9 Å². The zero-order valence-corrected chi connectivity index (χ0v) is 9.28. The fraction of sp³-hybridized carbons (Fsp3) is 0.273. The number of amides is 1. The number of anilines is 1. The number of carbonyl (C=O) groups is 1. The Morgan fingerprint density at radius 2 is 2.38 bits per heavy atom. The quantitative estimate of drug-likeness (QED) is 0.811. The highest BCUT2D eigenvalue weighted by molar-refractivity contribution is 7.16. The van der Waals surface area contributed by atoms with Crippen molar-refractivity contribution in [2.45, 2.75) is 12.5 Å². The van der Waals surface area contributed by atoms with Crippen molar-refractivity contribution in [2.24, 2.45) is 0 Å². The number of fused-ring (bicyclic) bond motifs is 1. The summed E-state index contributed by atoms with van der Waals surface area (Å²) in [6.45, 7) is 0.392. The van der Waals surface area contributed by atoms with E-state index in [2.05, 4.69) is 4.98 Å². The number of hydrogen-bond acceptors (Lipinski definition) is 4. The van der Waals surface area contributed by atoms with Crippen molar-refractivity contribution >= 4 is 33.1 Å². The summed E-state index contributed by atoms with van der Waals surface area (Å²) in [7, 11) is 0. The van der Waals surface area contributed by atoms with Crippen LogP contribution in [0, 0.1) is 0 Å². The molecule has 4 nitrogen and oxygen atoms in total. The minimum absolute atomic E-state index is 0.0173. The third kappa shape index (κ3) is 1.48. The molecule has 1 amide bonds. The van der Waals surface area contributed by atoms with Crippen molar-refractivity contribution in [3.05, 3.63) is 23.7 Å². The van der Waals surface area contributed by atoms with Gasteiger partial charge in [0.25, 0.3) is 0 Å². The molecular formula is C11H10N2O2S. The lowest BCUT2D eigenvalue weighted by Gasteiger charge is -2.15. The molecule has 0 bridgehead atoms. The largest absolute Gasteiger partial charge is 0.391 e. The summed E-state index contributed by atoms with van der Waals surface area (Å²) in [5.41, 5.74) is 3.58. The van der Waals surface area contributed by atoms with Crippen molar-refractivity contribution in [2.75, 3.05) is 11.4 Å². The molecule has 0 saturated carbocycles. The first-order valence-electron chi connectivity index (χ1n) is 5.06. The molecule has 1 aromatic carbocycles. The first kappa shape index (κ1) is 9.74. The summed E-state index contributed by atoms with van der Waals surface area (Å²) in [4.78, 5) is 17.4. The van der Waals surface area contributed by atoms with E-state index in [1.54, 1.807) is 21.7 Å². The van der Waals surface area contributed by atoms with E-state index in [-0.39, 0.29) is 12.3 Å². The third-order valence-corrected chi connectivity index (χ3v) is 3.52. The first-order chi connectivity index (χ1) is 7.74. The summed E-state index contributed by atoms with van der Waals surface area (Å²) in [5.74, 6) is -0.0173. The van der Waals surface area contributed by atoms with Crippen LogP contribution in [0.1, 0.15) is 6.42 Å². The summed E-state index contributed by atoms with van der Waals surface area (Å²) >= 11 is 1.55. The Morgan fingerprint density at radius 1 is 1.50 bits per heavy atom. The lowest BCUT2D eigenvalue weighted by Crippen LogP contribution is -2.24. The van der Waals surface area contributed by atoms with E-state index in [1.807, 2.05) is 18.2 Å². The van der Waals surface area contributed by atoms with Crippen LogP contribution in [0.4, 0.5) is 5.69 Å². The van der Waals surface area contributed by atoms with Crippen LogP contribution < -0.4 is 4.90 Å². The number of carbonyl (C=O) groups excluding carboxylic acids is 1. The van der Waals surface area contributed by atoms with Crippen LogP contribution in [0.25, 0.3) is 10.2 Å². The molecule has 0 radical (unpaired) electrons. The van der Waals surface area contributed by atoms with Crippen molar-refractivity contribution in [3.63, 3.8) is 0 Å². The Bertz CT molecular complexity index is 552. The topological polar surface area (TPSA) is 53.4 Å². The summed E-state index contributed by atoms with van der Waals surface area (Å²) in [5, 5.41) is 9.43. The highest BCUT2D eigenvalue weighted by atomic mass is 32.1. The normalized spacial score (nSPS) is 20.9. The molecule has 1 N–H and O–H groups in total. The van der Waals surface area contributed by atoms with Gasteiger partial charge in [-0.25, -0.2) is 4.98 Å². The molecule has 5 heteroatoms. The van der Waals surface area contributed by atoms with Crippen molar-refractivity contribution < 1.29 is 9.90 Å². The third-order valence-electron chi connectivity index (χ3n) is 2.73. The SMILES string of the molecule is O=C1CC(O)CN1c1ccc2ncsc2c1. The number of hydrogen-bond donors (Lipinski definition) is 1. The summed E-state index contributed by atoms with van der Waals surface area (Å²) < 4.78 is 1.06. The number of aliphatic hydroxyl groups excluding tert-OH is 1. The van der Waals surface area contributed by atoms with E-state index >= 15 is 0 Å². The maximum atomic E-state index is 11.6. The molecule has 3 rings (SSSR count). The first-order valence-corrected chi connectivity index (χ1v) is 5.94. The zero-order chi connectivity index (χ0) is 11.1. The fourth-order valence-corrected chi connectivity index (χ4v) is 2.66. The molecule has 0 spiro atoms. The smallest absolute Gasteiger partial charge is 0.229 e. The van der Waals surface area contributed by atoms with Gasteiger partial charge < -0.3 is 10.0 Å². The predicted molar refractivity (Wildman–Crippen MR) is 62.6 cm³/mol. The summed E-state index contributed by atoms with van der Waals surface area (Å²) in [6.07, 6.45) is -0.314. The second-order valence-corrected chi connectivity index (χ2v) is 4.75. The molecule has 0 aliphatic carbocycles. The van der Waals surface area contributed by atoms with Gasteiger partial charge in [-0.1, -0.05) is 0 Å². The average molecular weight is 234 g/mol. The van der Waals surface area contributed by atoms with Gasteiger partial charge in [0.05, 0.1) is 34.8 Å². The number of thiazole rings is 1. The monoisotopic (exact) mass is 234 g/mol. The van der Waals surface area contributed by atoms with Gasteiger partial charge in [-0.15, -0.1) is 11.3 Å². The Labute approximate surface area is 96.1 Å². The second-order valence-electron chi connectivity index (χ2n) is 3.87. The van der Waals surface area contributed by atoms with Gasteiger partial charge in [-0.2, -0.15) is 0 Å². The van der Waals surface area contributed by atoms with Gasteiger partial charge in [-0.05, 0) is 18.2 Å². The number of nitrogens with zero attached hydrogens (tertiary/aromatic N) is 2. The van der Waals surface area contributed by atoms with E-state index in [0.29, 0.717) is 6.54 Å². The van der Waals surface area contributed by atoms with E-state index < -0.39 is 6.10 Å². The van der Waals surface area contributed by atoms with Crippen LogP contribution in [-0.2, 0) is 4.79 Å². The number of aliphatic hydroxyl groups is 1. The molecule has 1 aliphatic heterocycles. The maximum absolute atomic E-state index is 11.6. The zero-order valence-electron chi connectivity index (χ0n) is 8.46. The van der Waals surface area contributed by atoms with Gasteiger partial charge in [-0.3, -0.25) is 4.79 Å². The Kier molecular flexibility index (Phi) is 2.15. The number of benzene rings is 1. The molecule has 16 heavy (non-hydrogen) atoms. The van der Waals surface area contributed by atoms with Crippen LogP contribution in [-0.4, -0.2) is 28.6 Å². The number of rotatable bonds is 1. The highest BCUT2D eigenvalue weighted by Gasteiger charge is 2.29. The van der Waals surface area contributed by atoms with Gasteiger partial charge in [0.15, 0.2) is 0 Å². The minimum Gasteiger partial charge on any atom is -0.391 e. The van der Waals surface area contributed by atoms with Crippen molar-refractivity contribution in [1.29, 1.82) is 0 Å². The second kappa shape index (κ2) is 3.54. The number of aromatic nitrogens is 1. The molecule has 1 atom stereocenters. The molecule has 1 aliphatic rings. The Morgan fingerprint density at radius 3 is 3.12 bits per heavy atom. The molecule has 82 valence electrons. The Hall–Kier alpha value is -1.46. The molecule has 2 heterocycles. The predicted octanol–water partition coefficient (Wildman–Crippen LogP) is 1.39. The fourth-order valence-electron chi connectivity index (χ4n) is 1.95. The Balaban J connectivity index is 2.02. The van der Waals surface area contributed by atoms with Gasteiger partial charge in [0.1, 0.15) is 0 Å². The number of β-amino-alcohol motifs (C(OH)–C–C–N with tert-alkyl or cyclic N) is 1. The standard InChI is InChI=1S/C11H10N2O2S/c14-8-4-11(15)13(5-8)7-1-2-9-10(3-7)16-6-12-9/h1-3,6,8,14H,4-5H2. The van der Waals surface area contributed by atoms with Crippen LogP contribution in [0.5, 0.6) is 0 Å². The maximum Gasteiger partial charge on any atom is 0.229 e. The van der Waals surface area contributed by atoms with Crippen molar-refractivity contribution in [3.8, 4) is 0 Å². The van der Waals surface area contributed by atoms with Crippen LogP contribution >= 0.6 is 11.3 Å². The van der Waals surface area contributed by atoms with Crippen LogP contribution in [0.3, 0.4) is 0 Å². The van der Waals surface area contributed by atoms with Gasteiger partial charge in [0.2, 0.25) is 5.91 Å². The molecule has 1 fully saturated rings. The van der Waals surface area contributed by atoms with E-state index in [9.17, 15) is 9.90 Å². The van der Waals surface area contributed by atoms with Crippen LogP contribution in [0.2, 0.25) is 0 Å². The van der Waals surface area contributed by atoms with E-state index in [4.69, 9.17) is 0 Å². The van der Waals surface area contributed by atoms with Crippen LogP contribution in [0.15, 0.2) is 23.7 Å². The highest BCUT2D eigenvalue weighted by Crippen LogP contribution is 2.27. The lowest BCUT2D eigenvalue weighted by molar-refractivity contribution is -0.117. The van der Waals surface area contributed by atoms with Crippen molar-refractivity contribution in [1.82, 2.24) is 4.98 Å². The lowest BCUT2D eigenvalue weighted by atomic mass is 10.3. The minimum atomic E-state index is -0.537. The van der Waals surface area contributed by atoms with E-state index in [1.165, 1.54) is 0 Å². The van der Waals surface area contributed by atoms with Gasteiger partial charge in [0, 0.05) is 5.69 Å². The molecule has 1 unspecified atom stereocenters. The molecule has 1 saturated heterocycles. The molecular weight excluding hydrogens is 224 g/mol. The average Bonchev–Trinajstić information content (AvgIpc) is 2.83. The summed E-state index contributed by atoms with van der Waals surface area (Å²) in [6, 6.07) is 5.72. The van der Waals surface area contributed by atoms with Gasteiger partial charge >= 0.3 is 0 Å². The molecule has 2 aromatic rings. The molecule has 1 aromatic heterocycles.